The summed E-state index contributed by atoms with van der Waals surface area (Å²) in [5.74, 6) is -0.570. The van der Waals surface area contributed by atoms with Gasteiger partial charge in [0.15, 0.2) is 0 Å². The Hall–Kier alpha value is -2.84. The molecule has 1 aromatic heterocycles. The minimum atomic E-state index is -4.58. The van der Waals surface area contributed by atoms with Crippen molar-refractivity contribution in [1.29, 1.82) is 0 Å². The second-order valence-electron chi connectivity index (χ2n) is 4.85. The van der Waals surface area contributed by atoms with Gasteiger partial charge in [-0.2, -0.15) is 18.2 Å². The lowest BCUT2D eigenvalue weighted by molar-refractivity contribution is -0.137. The van der Waals surface area contributed by atoms with Crippen molar-refractivity contribution in [2.75, 3.05) is 23.7 Å². The molecule has 3 N–H and O–H groups in total. The molecule has 0 bridgehead atoms. The summed E-state index contributed by atoms with van der Waals surface area (Å²) in [4.78, 5) is 18.4. The molecule has 0 aliphatic carbocycles. The van der Waals surface area contributed by atoms with Crippen LogP contribution in [0, 0.1) is 0 Å². The number of benzene rings is 1. The van der Waals surface area contributed by atoms with Gasteiger partial charge < -0.3 is 16.0 Å². The van der Waals surface area contributed by atoms with Crippen LogP contribution in [0.1, 0.15) is 12.5 Å². The van der Waals surface area contributed by atoms with Crippen LogP contribution >= 0.6 is 0 Å². The number of para-hydroxylation sites is 1. The number of nitrogens with zero attached hydrogens (tertiary/aromatic N) is 2. The predicted molar refractivity (Wildman–Crippen MR) is 83.9 cm³/mol. The van der Waals surface area contributed by atoms with Gasteiger partial charge in [-0.05, 0) is 12.1 Å². The molecule has 0 atom stereocenters. The maximum Gasteiger partial charge on any atom is 0.421 e. The van der Waals surface area contributed by atoms with Crippen molar-refractivity contribution < 1.29 is 18.0 Å². The molecule has 1 aromatic carbocycles. The second-order valence-corrected chi connectivity index (χ2v) is 4.85. The van der Waals surface area contributed by atoms with Gasteiger partial charge in [0, 0.05) is 31.9 Å². The van der Waals surface area contributed by atoms with E-state index in [0.717, 1.165) is 6.20 Å². The number of hydrogen-bond acceptors (Lipinski definition) is 5. The fraction of sp³-hybridized carbons (Fsp3) is 0.267. The maximum absolute atomic E-state index is 13.0. The monoisotopic (exact) mass is 339 g/mol. The first-order valence-electron chi connectivity index (χ1n) is 7.11. The van der Waals surface area contributed by atoms with Gasteiger partial charge in [-0.15, -0.1) is 0 Å². The number of nitrogens with one attached hydrogen (secondary N) is 3. The summed E-state index contributed by atoms with van der Waals surface area (Å²) >= 11 is 0. The standard InChI is InChI=1S/C15H16F3N5O/c1-10(24)19-7-8-20-13-12(15(16,17)18)9-21-14(23-13)22-11-5-3-2-4-6-11/h2-6,9H,7-8H2,1H3,(H,19,24)(H2,20,21,22,23). The van der Waals surface area contributed by atoms with Crippen LogP contribution < -0.4 is 16.0 Å². The van der Waals surface area contributed by atoms with Gasteiger partial charge in [-0.25, -0.2) is 4.98 Å². The van der Waals surface area contributed by atoms with Crippen molar-refractivity contribution in [2.24, 2.45) is 0 Å². The molecule has 0 saturated heterocycles. The fourth-order valence-corrected chi connectivity index (χ4v) is 1.85. The largest absolute Gasteiger partial charge is 0.421 e. The van der Waals surface area contributed by atoms with Crippen LogP contribution in [0.15, 0.2) is 36.5 Å². The summed E-state index contributed by atoms with van der Waals surface area (Å²) in [7, 11) is 0. The highest BCUT2D eigenvalue weighted by Gasteiger charge is 2.35. The zero-order chi connectivity index (χ0) is 17.6. The van der Waals surface area contributed by atoms with E-state index in [1.54, 1.807) is 24.3 Å². The van der Waals surface area contributed by atoms with Crippen LogP contribution in [0.25, 0.3) is 0 Å². The number of halogens is 3. The summed E-state index contributed by atoms with van der Waals surface area (Å²) in [5, 5.41) is 7.89. The first kappa shape index (κ1) is 17.5. The summed E-state index contributed by atoms with van der Waals surface area (Å²) in [6.45, 7) is 1.61. The molecular weight excluding hydrogens is 323 g/mol. The van der Waals surface area contributed by atoms with Gasteiger partial charge in [-0.3, -0.25) is 4.79 Å². The van der Waals surface area contributed by atoms with Gasteiger partial charge in [0.1, 0.15) is 11.4 Å². The summed E-state index contributed by atoms with van der Waals surface area (Å²) in [6, 6.07) is 8.85. The zero-order valence-electron chi connectivity index (χ0n) is 12.8. The van der Waals surface area contributed by atoms with E-state index in [-0.39, 0.29) is 30.8 Å². The van der Waals surface area contributed by atoms with Crippen molar-refractivity contribution >= 4 is 23.4 Å². The normalized spacial score (nSPS) is 11.0. The van der Waals surface area contributed by atoms with Gasteiger partial charge in [0.25, 0.3) is 0 Å². The molecule has 0 aliphatic heterocycles. The van der Waals surface area contributed by atoms with Crippen molar-refractivity contribution in [3.8, 4) is 0 Å². The Kier molecular flexibility index (Phi) is 5.56. The Morgan fingerprint density at radius 3 is 2.50 bits per heavy atom. The molecule has 6 nitrogen and oxygen atoms in total. The van der Waals surface area contributed by atoms with Gasteiger partial charge >= 0.3 is 6.18 Å². The molecule has 2 rings (SSSR count). The van der Waals surface area contributed by atoms with Crippen LogP contribution in [-0.2, 0) is 11.0 Å². The minimum Gasteiger partial charge on any atom is -0.368 e. The number of anilines is 3. The smallest absolute Gasteiger partial charge is 0.368 e. The van der Waals surface area contributed by atoms with Gasteiger partial charge in [0.2, 0.25) is 11.9 Å². The number of carbonyl (C=O) groups is 1. The van der Waals surface area contributed by atoms with Crippen LogP contribution in [-0.4, -0.2) is 29.0 Å². The van der Waals surface area contributed by atoms with E-state index < -0.39 is 11.7 Å². The Bertz CT molecular complexity index is 691. The fourth-order valence-electron chi connectivity index (χ4n) is 1.85. The van der Waals surface area contributed by atoms with Crippen molar-refractivity contribution in [2.45, 2.75) is 13.1 Å². The van der Waals surface area contributed by atoms with E-state index in [0.29, 0.717) is 5.69 Å². The van der Waals surface area contributed by atoms with E-state index in [1.807, 2.05) is 6.07 Å². The molecule has 0 spiro atoms. The van der Waals surface area contributed by atoms with E-state index in [2.05, 4.69) is 25.9 Å². The highest BCUT2D eigenvalue weighted by Crippen LogP contribution is 2.33. The molecule has 2 aromatic rings. The molecule has 0 radical (unpaired) electrons. The number of alkyl halides is 3. The molecule has 1 heterocycles. The molecule has 0 fully saturated rings. The van der Waals surface area contributed by atoms with Crippen LogP contribution in [0.4, 0.5) is 30.6 Å². The lowest BCUT2D eigenvalue weighted by Gasteiger charge is -2.15. The zero-order valence-corrected chi connectivity index (χ0v) is 12.8. The Morgan fingerprint density at radius 2 is 1.88 bits per heavy atom. The first-order chi connectivity index (χ1) is 11.4. The van der Waals surface area contributed by atoms with E-state index in [1.165, 1.54) is 6.92 Å². The molecule has 24 heavy (non-hydrogen) atoms. The molecule has 1 amide bonds. The molecule has 0 unspecified atom stereocenters. The Morgan fingerprint density at radius 1 is 1.17 bits per heavy atom. The maximum atomic E-state index is 13.0. The minimum absolute atomic E-state index is 0.0382. The number of hydrogen-bond donors (Lipinski definition) is 3. The van der Waals surface area contributed by atoms with E-state index >= 15 is 0 Å². The van der Waals surface area contributed by atoms with Gasteiger partial charge in [-0.1, -0.05) is 18.2 Å². The van der Waals surface area contributed by atoms with Crippen molar-refractivity contribution in [3.05, 3.63) is 42.1 Å². The third-order valence-corrected chi connectivity index (χ3v) is 2.92. The number of rotatable bonds is 6. The van der Waals surface area contributed by atoms with Crippen molar-refractivity contribution in [1.82, 2.24) is 15.3 Å². The summed E-state index contributed by atoms with van der Waals surface area (Å²) in [6.07, 6.45) is -3.86. The third-order valence-electron chi connectivity index (χ3n) is 2.92. The average Bonchev–Trinajstić information content (AvgIpc) is 2.51. The molecule has 0 saturated carbocycles. The lowest BCUT2D eigenvalue weighted by Crippen LogP contribution is -2.27. The number of carbonyl (C=O) groups excluding carboxylic acids is 1. The molecule has 9 heteroatoms. The number of aromatic nitrogens is 2. The molecule has 0 aliphatic rings. The van der Waals surface area contributed by atoms with Crippen LogP contribution in [0.2, 0.25) is 0 Å². The van der Waals surface area contributed by atoms with Crippen LogP contribution in [0.3, 0.4) is 0 Å². The second kappa shape index (κ2) is 7.62. The third kappa shape index (κ3) is 5.11. The van der Waals surface area contributed by atoms with Crippen molar-refractivity contribution in [3.63, 3.8) is 0 Å². The Balaban J connectivity index is 2.16. The van der Waals surface area contributed by atoms with Crippen LogP contribution in [0.5, 0.6) is 0 Å². The quantitative estimate of drug-likeness (QED) is 0.706. The summed E-state index contributed by atoms with van der Waals surface area (Å²) in [5.41, 5.74) is -0.314. The lowest BCUT2D eigenvalue weighted by atomic mass is 10.3. The highest BCUT2D eigenvalue weighted by atomic mass is 19.4. The first-order valence-corrected chi connectivity index (χ1v) is 7.11. The SMILES string of the molecule is CC(=O)NCCNc1nc(Nc2ccccc2)ncc1C(F)(F)F. The molecule has 128 valence electrons. The Labute approximate surface area is 136 Å². The summed E-state index contributed by atoms with van der Waals surface area (Å²) < 4.78 is 39.1. The number of amides is 1. The average molecular weight is 339 g/mol. The highest BCUT2D eigenvalue weighted by molar-refractivity contribution is 5.72. The molecular formula is C15H16F3N5O. The topological polar surface area (TPSA) is 78.9 Å². The van der Waals surface area contributed by atoms with E-state index in [4.69, 9.17) is 0 Å². The predicted octanol–water partition coefficient (Wildman–Crippen LogP) is 2.79. The van der Waals surface area contributed by atoms with E-state index in [9.17, 15) is 18.0 Å². The van der Waals surface area contributed by atoms with Gasteiger partial charge in [0.05, 0.1) is 0 Å².